The number of rotatable bonds is 4. The average Bonchev–Trinajstić information content (AvgIpc) is 2.82. The molecule has 0 saturated heterocycles. The first-order chi connectivity index (χ1) is 8.20. The second kappa shape index (κ2) is 5.54. The lowest BCUT2D eigenvalue weighted by molar-refractivity contribution is 0.0954. The molecule has 92 valence electrons. The minimum Gasteiger partial charge on any atom is -0.493 e. The first kappa shape index (κ1) is 12.4. The molecular weight excluding hydrogens is 282 g/mol. The van der Waals surface area contributed by atoms with E-state index in [1.165, 1.54) is 0 Å². The molecule has 0 fully saturated rings. The highest BCUT2D eigenvalue weighted by Gasteiger charge is 2.15. The second-order valence-corrected chi connectivity index (χ2v) is 5.43. The maximum absolute atomic E-state index is 11.9. The molecule has 1 heterocycles. The van der Waals surface area contributed by atoms with Gasteiger partial charge in [0.15, 0.2) is 0 Å². The number of hydrogen-bond acceptors (Lipinski definition) is 2. The van der Waals surface area contributed by atoms with Crippen LogP contribution in [-0.4, -0.2) is 23.9 Å². The molecule has 0 radical (unpaired) electrons. The second-order valence-electron chi connectivity index (χ2n) is 4.14. The molecule has 3 nitrogen and oxygen atoms in total. The van der Waals surface area contributed by atoms with Crippen LogP contribution in [0.25, 0.3) is 0 Å². The van der Waals surface area contributed by atoms with Crippen molar-refractivity contribution in [3.05, 3.63) is 29.3 Å². The molecule has 17 heavy (non-hydrogen) atoms. The number of carbonyl (C=O) groups is 1. The Balaban J connectivity index is 2.00. The minimum absolute atomic E-state index is 0.0161. The number of carbonyl (C=O) groups excluding carboxylic acids is 1. The van der Waals surface area contributed by atoms with Gasteiger partial charge in [-0.25, -0.2) is 0 Å². The Morgan fingerprint density at radius 1 is 1.59 bits per heavy atom. The van der Waals surface area contributed by atoms with E-state index in [2.05, 4.69) is 28.2 Å². The summed E-state index contributed by atoms with van der Waals surface area (Å²) >= 11 is 3.49. The van der Waals surface area contributed by atoms with E-state index in [1.54, 1.807) is 0 Å². The number of fused-ring (bicyclic) bond motifs is 1. The highest BCUT2D eigenvalue weighted by molar-refractivity contribution is 9.09. The predicted molar refractivity (Wildman–Crippen MR) is 71.0 cm³/mol. The van der Waals surface area contributed by atoms with Crippen molar-refractivity contribution in [2.75, 3.05) is 13.2 Å². The Morgan fingerprint density at radius 2 is 2.41 bits per heavy atom. The van der Waals surface area contributed by atoms with Crippen molar-refractivity contribution in [1.82, 2.24) is 5.32 Å². The van der Waals surface area contributed by atoms with Crippen LogP contribution in [0.15, 0.2) is 18.2 Å². The fourth-order valence-electron chi connectivity index (χ4n) is 1.78. The van der Waals surface area contributed by atoms with Crippen LogP contribution < -0.4 is 10.1 Å². The van der Waals surface area contributed by atoms with Gasteiger partial charge in [-0.1, -0.05) is 22.9 Å². The molecule has 1 aromatic carbocycles. The molecule has 1 aliphatic rings. The van der Waals surface area contributed by atoms with Crippen molar-refractivity contribution in [2.24, 2.45) is 0 Å². The van der Waals surface area contributed by atoms with Crippen LogP contribution in [-0.2, 0) is 6.42 Å². The SMILES string of the molecule is CCC(Br)CNC(=O)c1ccc2c(c1)CCO2. The molecular formula is C13H16BrNO2. The molecule has 1 unspecified atom stereocenters. The number of hydrogen-bond donors (Lipinski definition) is 1. The highest BCUT2D eigenvalue weighted by atomic mass is 79.9. The molecule has 1 N–H and O–H groups in total. The lowest BCUT2D eigenvalue weighted by atomic mass is 10.1. The number of benzene rings is 1. The Labute approximate surface area is 110 Å². The first-order valence-electron chi connectivity index (χ1n) is 5.88. The zero-order chi connectivity index (χ0) is 12.3. The van der Waals surface area contributed by atoms with E-state index in [4.69, 9.17) is 4.74 Å². The Kier molecular flexibility index (Phi) is 4.05. The third kappa shape index (κ3) is 3.00. The van der Waals surface area contributed by atoms with Gasteiger partial charge in [-0.2, -0.15) is 0 Å². The van der Waals surface area contributed by atoms with Crippen molar-refractivity contribution in [1.29, 1.82) is 0 Å². The summed E-state index contributed by atoms with van der Waals surface area (Å²) in [4.78, 5) is 12.2. The maximum atomic E-state index is 11.9. The summed E-state index contributed by atoms with van der Waals surface area (Å²) in [7, 11) is 0. The van der Waals surface area contributed by atoms with Gasteiger partial charge >= 0.3 is 0 Å². The molecule has 0 aliphatic carbocycles. The molecule has 1 atom stereocenters. The molecule has 1 aliphatic heterocycles. The van der Waals surface area contributed by atoms with Gasteiger partial charge < -0.3 is 10.1 Å². The van der Waals surface area contributed by atoms with E-state index in [0.717, 1.165) is 30.8 Å². The van der Waals surface area contributed by atoms with Gasteiger partial charge in [0.05, 0.1) is 6.61 Å². The smallest absolute Gasteiger partial charge is 0.251 e. The van der Waals surface area contributed by atoms with Gasteiger partial charge in [-0.15, -0.1) is 0 Å². The summed E-state index contributed by atoms with van der Waals surface area (Å²) in [6.07, 6.45) is 1.89. The van der Waals surface area contributed by atoms with Gasteiger partial charge in [0.25, 0.3) is 5.91 Å². The summed E-state index contributed by atoms with van der Waals surface area (Å²) in [6, 6.07) is 5.62. The Morgan fingerprint density at radius 3 is 3.18 bits per heavy atom. The number of amides is 1. The van der Waals surface area contributed by atoms with Crippen molar-refractivity contribution in [2.45, 2.75) is 24.6 Å². The van der Waals surface area contributed by atoms with E-state index in [0.29, 0.717) is 16.9 Å². The van der Waals surface area contributed by atoms with Crippen molar-refractivity contribution < 1.29 is 9.53 Å². The monoisotopic (exact) mass is 297 g/mol. The standard InChI is InChI=1S/C13H16BrNO2/c1-2-11(14)8-15-13(16)10-3-4-12-9(7-10)5-6-17-12/h3-4,7,11H,2,5-6,8H2,1H3,(H,15,16). The van der Waals surface area contributed by atoms with Crippen molar-refractivity contribution >= 4 is 21.8 Å². The van der Waals surface area contributed by atoms with E-state index in [9.17, 15) is 4.79 Å². The van der Waals surface area contributed by atoms with Crippen LogP contribution in [0.1, 0.15) is 29.3 Å². The molecule has 0 saturated carbocycles. The van der Waals surface area contributed by atoms with E-state index in [1.807, 2.05) is 18.2 Å². The van der Waals surface area contributed by atoms with Gasteiger partial charge in [0, 0.05) is 23.4 Å². The molecule has 4 heteroatoms. The summed E-state index contributed by atoms with van der Waals surface area (Å²) in [5.41, 5.74) is 1.84. The fraction of sp³-hybridized carbons (Fsp3) is 0.462. The van der Waals surface area contributed by atoms with Gasteiger partial charge in [-0.05, 0) is 30.2 Å². The van der Waals surface area contributed by atoms with Crippen molar-refractivity contribution in [3.63, 3.8) is 0 Å². The Bertz CT molecular complexity index is 420. The summed E-state index contributed by atoms with van der Waals surface area (Å²) in [5, 5.41) is 2.91. The third-order valence-corrected chi connectivity index (χ3v) is 3.85. The van der Waals surface area contributed by atoms with Crippen molar-refractivity contribution in [3.8, 4) is 5.75 Å². The van der Waals surface area contributed by atoms with Gasteiger partial charge in [-0.3, -0.25) is 4.79 Å². The largest absolute Gasteiger partial charge is 0.493 e. The normalized spacial score (nSPS) is 14.9. The lowest BCUT2D eigenvalue weighted by Gasteiger charge is -2.09. The van der Waals surface area contributed by atoms with Crippen LogP contribution >= 0.6 is 15.9 Å². The summed E-state index contributed by atoms with van der Waals surface area (Å²) in [6.45, 7) is 3.46. The highest BCUT2D eigenvalue weighted by Crippen LogP contribution is 2.25. The number of ether oxygens (including phenoxy) is 1. The van der Waals surface area contributed by atoms with Crippen LogP contribution in [0, 0.1) is 0 Å². The average molecular weight is 298 g/mol. The van der Waals surface area contributed by atoms with E-state index in [-0.39, 0.29) is 5.91 Å². The zero-order valence-electron chi connectivity index (χ0n) is 9.83. The molecule has 0 bridgehead atoms. The summed E-state index contributed by atoms with van der Waals surface area (Å²) in [5.74, 6) is 0.895. The predicted octanol–water partition coefficient (Wildman–Crippen LogP) is 2.52. The number of alkyl halides is 1. The fourth-order valence-corrected chi connectivity index (χ4v) is 1.94. The molecule has 1 amide bonds. The third-order valence-electron chi connectivity index (χ3n) is 2.88. The molecule has 0 spiro atoms. The van der Waals surface area contributed by atoms with E-state index < -0.39 is 0 Å². The van der Waals surface area contributed by atoms with Crippen LogP contribution in [0.2, 0.25) is 0 Å². The number of halogens is 1. The zero-order valence-corrected chi connectivity index (χ0v) is 11.4. The molecule has 0 aromatic heterocycles. The molecule has 2 rings (SSSR count). The van der Waals surface area contributed by atoms with Gasteiger partial charge in [0.1, 0.15) is 5.75 Å². The Hall–Kier alpha value is -1.03. The lowest BCUT2D eigenvalue weighted by Crippen LogP contribution is -2.29. The quantitative estimate of drug-likeness (QED) is 0.868. The maximum Gasteiger partial charge on any atom is 0.251 e. The van der Waals surface area contributed by atoms with Crippen LogP contribution in [0.3, 0.4) is 0 Å². The van der Waals surface area contributed by atoms with Crippen LogP contribution in [0.5, 0.6) is 5.75 Å². The van der Waals surface area contributed by atoms with Gasteiger partial charge in [0.2, 0.25) is 0 Å². The summed E-state index contributed by atoms with van der Waals surface area (Å²) < 4.78 is 5.41. The minimum atomic E-state index is -0.0161. The first-order valence-corrected chi connectivity index (χ1v) is 6.80. The van der Waals surface area contributed by atoms with Crippen LogP contribution in [0.4, 0.5) is 0 Å². The van der Waals surface area contributed by atoms with E-state index >= 15 is 0 Å². The number of nitrogens with one attached hydrogen (secondary N) is 1. The molecule has 1 aromatic rings. The topological polar surface area (TPSA) is 38.3 Å².